The molecule has 0 heterocycles. The Morgan fingerprint density at radius 2 is 2.00 bits per heavy atom. The van der Waals surface area contributed by atoms with Crippen LogP contribution in [0.25, 0.3) is 0 Å². The van der Waals surface area contributed by atoms with Gasteiger partial charge in [-0.05, 0) is 17.7 Å². The molecule has 0 amide bonds. The highest BCUT2D eigenvalue weighted by Crippen LogP contribution is 2.29. The fourth-order valence-electron chi connectivity index (χ4n) is 1.73. The van der Waals surface area contributed by atoms with E-state index in [0.717, 1.165) is 10.0 Å². The van der Waals surface area contributed by atoms with Gasteiger partial charge in [0, 0.05) is 22.6 Å². The van der Waals surface area contributed by atoms with Gasteiger partial charge in [-0.25, -0.2) is 0 Å². The van der Waals surface area contributed by atoms with E-state index in [0.29, 0.717) is 5.56 Å². The molecule has 0 saturated heterocycles. The van der Waals surface area contributed by atoms with Crippen molar-refractivity contribution in [3.8, 4) is 5.75 Å². The van der Waals surface area contributed by atoms with Crippen LogP contribution in [0.4, 0.5) is 5.69 Å². The Morgan fingerprint density at radius 3 is 2.65 bits per heavy atom. The molecule has 20 heavy (non-hydrogen) atoms. The van der Waals surface area contributed by atoms with Gasteiger partial charge in [0.25, 0.3) is 0 Å². The van der Waals surface area contributed by atoms with Crippen molar-refractivity contribution in [2.45, 2.75) is 13.2 Å². The Bertz CT molecular complexity index is 632. The zero-order chi connectivity index (χ0) is 14.5. The number of nitro groups is 1. The van der Waals surface area contributed by atoms with Crippen LogP contribution in [0, 0.1) is 10.1 Å². The number of hydrogen-bond donors (Lipinski definition) is 1. The second-order valence-corrected chi connectivity index (χ2v) is 5.00. The van der Waals surface area contributed by atoms with E-state index in [2.05, 4.69) is 15.9 Å². The van der Waals surface area contributed by atoms with Crippen LogP contribution in [-0.4, -0.2) is 4.92 Å². The summed E-state index contributed by atoms with van der Waals surface area (Å²) in [6.45, 7) is 0.510. The van der Waals surface area contributed by atoms with Gasteiger partial charge in [0.2, 0.25) is 0 Å². The maximum Gasteiger partial charge on any atom is 0.311 e. The van der Waals surface area contributed by atoms with Gasteiger partial charge < -0.3 is 10.5 Å². The number of nitrogens with two attached hydrogens (primary N) is 1. The SMILES string of the molecule is NCc1ccc(OCc2ccccc2Br)c([N+](=O)[O-])c1. The van der Waals surface area contributed by atoms with Crippen LogP contribution in [0.15, 0.2) is 46.9 Å². The van der Waals surface area contributed by atoms with Gasteiger partial charge in [0.05, 0.1) is 4.92 Å². The highest BCUT2D eigenvalue weighted by molar-refractivity contribution is 9.10. The van der Waals surface area contributed by atoms with E-state index >= 15 is 0 Å². The van der Waals surface area contributed by atoms with Gasteiger partial charge in [-0.15, -0.1) is 0 Å². The first kappa shape index (κ1) is 14.5. The van der Waals surface area contributed by atoms with E-state index < -0.39 is 4.92 Å². The van der Waals surface area contributed by atoms with E-state index in [1.165, 1.54) is 6.07 Å². The van der Waals surface area contributed by atoms with Crippen molar-refractivity contribution < 1.29 is 9.66 Å². The lowest BCUT2D eigenvalue weighted by atomic mass is 10.2. The maximum absolute atomic E-state index is 11.0. The number of nitrogens with zero attached hydrogens (tertiary/aromatic N) is 1. The number of nitro benzene ring substituents is 1. The van der Waals surface area contributed by atoms with Crippen molar-refractivity contribution in [2.75, 3.05) is 0 Å². The molecule has 2 aromatic carbocycles. The zero-order valence-corrected chi connectivity index (χ0v) is 12.2. The number of rotatable bonds is 5. The minimum atomic E-state index is -0.464. The molecule has 0 aliphatic heterocycles. The molecule has 0 aromatic heterocycles. The van der Waals surface area contributed by atoms with Gasteiger partial charge in [-0.3, -0.25) is 10.1 Å². The Balaban J connectivity index is 2.21. The first-order chi connectivity index (χ1) is 9.61. The summed E-state index contributed by atoms with van der Waals surface area (Å²) >= 11 is 3.41. The summed E-state index contributed by atoms with van der Waals surface area (Å²) in [6.07, 6.45) is 0. The monoisotopic (exact) mass is 336 g/mol. The molecule has 2 rings (SSSR count). The predicted octanol–water partition coefficient (Wildman–Crippen LogP) is 3.40. The van der Waals surface area contributed by atoms with Crippen LogP contribution in [-0.2, 0) is 13.2 Å². The van der Waals surface area contributed by atoms with Crippen LogP contribution in [0.2, 0.25) is 0 Å². The third-order valence-corrected chi connectivity index (χ3v) is 3.57. The summed E-state index contributed by atoms with van der Waals surface area (Å²) < 4.78 is 6.46. The smallest absolute Gasteiger partial charge is 0.311 e. The number of halogens is 1. The van der Waals surface area contributed by atoms with Crippen LogP contribution >= 0.6 is 15.9 Å². The molecular formula is C14H13BrN2O3. The minimum absolute atomic E-state index is 0.0694. The van der Waals surface area contributed by atoms with Crippen LogP contribution in [0.5, 0.6) is 5.75 Å². The zero-order valence-electron chi connectivity index (χ0n) is 10.6. The molecule has 0 unspecified atom stereocenters. The summed E-state index contributed by atoms with van der Waals surface area (Å²) in [5.74, 6) is 0.239. The van der Waals surface area contributed by atoms with E-state index in [4.69, 9.17) is 10.5 Å². The quantitative estimate of drug-likeness (QED) is 0.670. The van der Waals surface area contributed by atoms with E-state index in [1.54, 1.807) is 12.1 Å². The summed E-state index contributed by atoms with van der Waals surface area (Å²) in [5, 5.41) is 11.0. The Kier molecular flexibility index (Phi) is 4.70. The Morgan fingerprint density at radius 1 is 1.25 bits per heavy atom. The lowest BCUT2D eigenvalue weighted by Crippen LogP contribution is -2.02. The number of ether oxygens (including phenoxy) is 1. The third kappa shape index (κ3) is 3.34. The first-order valence-electron chi connectivity index (χ1n) is 5.95. The largest absolute Gasteiger partial charge is 0.482 e. The molecule has 0 atom stereocenters. The average Bonchev–Trinajstić information content (AvgIpc) is 2.46. The van der Waals surface area contributed by atoms with Gasteiger partial charge in [0.1, 0.15) is 6.61 Å². The van der Waals surface area contributed by atoms with Gasteiger partial charge in [-0.2, -0.15) is 0 Å². The van der Waals surface area contributed by atoms with Crippen LogP contribution < -0.4 is 10.5 Å². The predicted molar refractivity (Wildman–Crippen MR) is 79.5 cm³/mol. The summed E-state index contributed by atoms with van der Waals surface area (Å²) in [5.41, 5.74) is 7.03. The van der Waals surface area contributed by atoms with E-state index in [1.807, 2.05) is 24.3 Å². The lowest BCUT2D eigenvalue weighted by Gasteiger charge is -2.09. The molecule has 0 bridgehead atoms. The summed E-state index contributed by atoms with van der Waals surface area (Å²) in [6, 6.07) is 12.3. The normalized spacial score (nSPS) is 10.3. The fraction of sp³-hybridized carbons (Fsp3) is 0.143. The lowest BCUT2D eigenvalue weighted by molar-refractivity contribution is -0.386. The molecule has 6 heteroatoms. The molecule has 2 aromatic rings. The summed E-state index contributed by atoms with van der Waals surface area (Å²) in [4.78, 5) is 10.6. The fourth-order valence-corrected chi connectivity index (χ4v) is 2.12. The topological polar surface area (TPSA) is 78.4 Å². The molecule has 2 N–H and O–H groups in total. The molecule has 0 fully saturated rings. The molecule has 0 radical (unpaired) electrons. The molecular weight excluding hydrogens is 324 g/mol. The van der Waals surface area contributed by atoms with Gasteiger partial charge in [0.15, 0.2) is 5.75 Å². The molecule has 0 saturated carbocycles. The molecule has 104 valence electrons. The minimum Gasteiger partial charge on any atom is -0.482 e. The first-order valence-corrected chi connectivity index (χ1v) is 6.74. The Labute approximate surface area is 124 Å². The average molecular weight is 337 g/mol. The number of benzene rings is 2. The number of hydrogen-bond acceptors (Lipinski definition) is 4. The van der Waals surface area contributed by atoms with Crippen molar-refractivity contribution in [2.24, 2.45) is 5.73 Å². The summed E-state index contributed by atoms with van der Waals surface area (Å²) in [7, 11) is 0. The van der Waals surface area contributed by atoms with E-state index in [9.17, 15) is 10.1 Å². The highest BCUT2D eigenvalue weighted by atomic mass is 79.9. The second-order valence-electron chi connectivity index (χ2n) is 4.14. The molecule has 0 spiro atoms. The van der Waals surface area contributed by atoms with Crippen molar-refractivity contribution in [3.63, 3.8) is 0 Å². The van der Waals surface area contributed by atoms with Gasteiger partial charge >= 0.3 is 5.69 Å². The third-order valence-electron chi connectivity index (χ3n) is 2.80. The molecule has 5 nitrogen and oxygen atoms in total. The molecule has 0 aliphatic rings. The van der Waals surface area contributed by atoms with Crippen molar-refractivity contribution >= 4 is 21.6 Å². The highest BCUT2D eigenvalue weighted by Gasteiger charge is 2.16. The Hall–Kier alpha value is -1.92. The van der Waals surface area contributed by atoms with Crippen molar-refractivity contribution in [1.82, 2.24) is 0 Å². The van der Waals surface area contributed by atoms with Crippen LogP contribution in [0.3, 0.4) is 0 Å². The standard InChI is InChI=1S/C14H13BrN2O3/c15-12-4-2-1-3-11(12)9-20-14-6-5-10(8-16)7-13(14)17(18)19/h1-7H,8-9,16H2. The van der Waals surface area contributed by atoms with Crippen LogP contribution in [0.1, 0.15) is 11.1 Å². The van der Waals surface area contributed by atoms with Gasteiger partial charge in [-0.1, -0.05) is 40.2 Å². The van der Waals surface area contributed by atoms with Crippen molar-refractivity contribution in [1.29, 1.82) is 0 Å². The maximum atomic E-state index is 11.0. The second kappa shape index (κ2) is 6.49. The van der Waals surface area contributed by atoms with Crippen molar-refractivity contribution in [3.05, 3.63) is 68.2 Å². The van der Waals surface area contributed by atoms with E-state index in [-0.39, 0.29) is 24.6 Å². The molecule has 0 aliphatic carbocycles.